The first-order valence-electron chi connectivity index (χ1n) is 3.29. The minimum absolute atomic E-state index is 0.205. The number of hydrogen-bond donors (Lipinski definition) is 0. The maximum atomic E-state index is 3.71. The van der Waals surface area contributed by atoms with Crippen molar-refractivity contribution in [2.75, 3.05) is 18.5 Å². The SMILES string of the molecule is C=CCP(CC)CC=C. The zero-order valence-corrected chi connectivity index (χ0v) is 7.03. The maximum absolute atomic E-state index is 3.71. The fourth-order valence-electron chi connectivity index (χ4n) is 0.698. The molecule has 0 aromatic rings. The highest BCUT2D eigenvalue weighted by Gasteiger charge is 1.97. The summed E-state index contributed by atoms with van der Waals surface area (Å²) in [6.45, 7) is 9.66. The van der Waals surface area contributed by atoms with Crippen LogP contribution in [0.2, 0.25) is 0 Å². The van der Waals surface area contributed by atoms with Crippen LogP contribution in [-0.4, -0.2) is 18.5 Å². The molecular weight excluding hydrogens is 127 g/mol. The molecule has 52 valence electrons. The van der Waals surface area contributed by atoms with Gasteiger partial charge in [-0.3, -0.25) is 0 Å². The minimum atomic E-state index is 0.205. The van der Waals surface area contributed by atoms with Gasteiger partial charge < -0.3 is 0 Å². The van der Waals surface area contributed by atoms with Crippen LogP contribution in [0.3, 0.4) is 0 Å². The first-order chi connectivity index (χ1) is 4.35. The summed E-state index contributed by atoms with van der Waals surface area (Å²) in [6, 6.07) is 0. The van der Waals surface area contributed by atoms with Gasteiger partial charge in [-0.1, -0.05) is 27.0 Å². The lowest BCUT2D eigenvalue weighted by molar-refractivity contribution is 1.45. The topological polar surface area (TPSA) is 0 Å². The van der Waals surface area contributed by atoms with Gasteiger partial charge in [0.2, 0.25) is 0 Å². The van der Waals surface area contributed by atoms with Gasteiger partial charge in [0.05, 0.1) is 0 Å². The highest BCUT2D eigenvalue weighted by atomic mass is 31.1. The molecule has 0 heterocycles. The van der Waals surface area contributed by atoms with Gasteiger partial charge >= 0.3 is 0 Å². The van der Waals surface area contributed by atoms with Crippen LogP contribution in [0.15, 0.2) is 25.3 Å². The van der Waals surface area contributed by atoms with Crippen LogP contribution in [0.1, 0.15) is 6.92 Å². The fraction of sp³-hybridized carbons (Fsp3) is 0.500. The van der Waals surface area contributed by atoms with E-state index < -0.39 is 0 Å². The van der Waals surface area contributed by atoms with E-state index in [1.54, 1.807) is 0 Å². The van der Waals surface area contributed by atoms with Crippen molar-refractivity contribution in [3.8, 4) is 0 Å². The summed E-state index contributed by atoms with van der Waals surface area (Å²) in [5, 5.41) is 0. The van der Waals surface area contributed by atoms with Crippen molar-refractivity contribution >= 4 is 7.92 Å². The molecule has 0 amide bonds. The first kappa shape index (κ1) is 8.91. The molecule has 0 bridgehead atoms. The molecule has 0 radical (unpaired) electrons. The Morgan fingerprint density at radius 3 is 1.89 bits per heavy atom. The smallest absolute Gasteiger partial charge is 0.0145 e. The normalized spacial score (nSPS) is 9.56. The molecule has 0 saturated carbocycles. The van der Waals surface area contributed by atoms with Gasteiger partial charge in [0.15, 0.2) is 0 Å². The summed E-state index contributed by atoms with van der Waals surface area (Å²) < 4.78 is 0. The number of hydrogen-bond acceptors (Lipinski definition) is 0. The van der Waals surface area contributed by atoms with Crippen molar-refractivity contribution in [1.29, 1.82) is 0 Å². The third-order valence-corrected chi connectivity index (χ3v) is 3.67. The molecular formula is C8H15P. The predicted molar refractivity (Wildman–Crippen MR) is 47.6 cm³/mol. The summed E-state index contributed by atoms with van der Waals surface area (Å²) in [4.78, 5) is 0. The van der Waals surface area contributed by atoms with Crippen LogP contribution in [0.4, 0.5) is 0 Å². The van der Waals surface area contributed by atoms with E-state index in [1.165, 1.54) is 18.5 Å². The van der Waals surface area contributed by atoms with Crippen LogP contribution in [0.5, 0.6) is 0 Å². The van der Waals surface area contributed by atoms with Crippen LogP contribution in [0, 0.1) is 0 Å². The molecule has 0 N–H and O–H groups in total. The molecule has 0 fully saturated rings. The van der Waals surface area contributed by atoms with Crippen molar-refractivity contribution in [2.45, 2.75) is 6.92 Å². The van der Waals surface area contributed by atoms with Crippen molar-refractivity contribution in [2.24, 2.45) is 0 Å². The minimum Gasteiger partial charge on any atom is -0.103 e. The maximum Gasteiger partial charge on any atom is -0.0145 e. The molecule has 1 heteroatoms. The van der Waals surface area contributed by atoms with E-state index in [1.807, 2.05) is 12.2 Å². The monoisotopic (exact) mass is 142 g/mol. The van der Waals surface area contributed by atoms with E-state index in [-0.39, 0.29) is 7.92 Å². The Bertz CT molecular complexity index is 76.6. The molecule has 0 aliphatic rings. The van der Waals surface area contributed by atoms with E-state index >= 15 is 0 Å². The molecule has 0 aromatic carbocycles. The Morgan fingerprint density at radius 2 is 1.67 bits per heavy atom. The largest absolute Gasteiger partial charge is 0.103 e. The second-order valence-electron chi connectivity index (χ2n) is 1.93. The Labute approximate surface area is 59.4 Å². The highest BCUT2D eigenvalue weighted by Crippen LogP contribution is 2.33. The Balaban J connectivity index is 3.39. The van der Waals surface area contributed by atoms with Gasteiger partial charge in [0.1, 0.15) is 0 Å². The predicted octanol–water partition coefficient (Wildman–Crippen LogP) is 2.86. The van der Waals surface area contributed by atoms with Gasteiger partial charge in [-0.05, 0) is 18.5 Å². The second-order valence-corrected chi connectivity index (χ2v) is 4.63. The third-order valence-electron chi connectivity index (χ3n) is 1.22. The average molecular weight is 142 g/mol. The Kier molecular flexibility index (Phi) is 5.98. The van der Waals surface area contributed by atoms with Gasteiger partial charge in [-0.2, -0.15) is 0 Å². The number of rotatable bonds is 5. The van der Waals surface area contributed by atoms with Gasteiger partial charge in [-0.25, -0.2) is 0 Å². The standard InChI is InChI=1S/C8H15P/c1-4-7-9(6-3)8-5-2/h4-5H,1-2,6-8H2,3H3. The zero-order valence-electron chi connectivity index (χ0n) is 6.14. The summed E-state index contributed by atoms with van der Waals surface area (Å²) in [7, 11) is 0.205. The molecule has 0 spiro atoms. The van der Waals surface area contributed by atoms with Gasteiger partial charge in [0.25, 0.3) is 0 Å². The molecule has 0 aliphatic heterocycles. The zero-order chi connectivity index (χ0) is 7.11. The van der Waals surface area contributed by atoms with E-state index in [9.17, 15) is 0 Å². The highest BCUT2D eigenvalue weighted by molar-refractivity contribution is 7.57. The van der Waals surface area contributed by atoms with Crippen LogP contribution < -0.4 is 0 Å². The van der Waals surface area contributed by atoms with E-state index in [0.29, 0.717) is 0 Å². The third kappa shape index (κ3) is 4.42. The lowest BCUT2D eigenvalue weighted by Crippen LogP contribution is -1.85. The van der Waals surface area contributed by atoms with Crippen molar-refractivity contribution in [1.82, 2.24) is 0 Å². The van der Waals surface area contributed by atoms with Gasteiger partial charge in [0, 0.05) is 0 Å². The second kappa shape index (κ2) is 6.04. The average Bonchev–Trinajstić information content (AvgIpc) is 1.88. The Morgan fingerprint density at radius 1 is 1.22 bits per heavy atom. The summed E-state index contributed by atoms with van der Waals surface area (Å²) in [5.41, 5.74) is 0. The summed E-state index contributed by atoms with van der Waals surface area (Å²) in [5.74, 6) is 0. The lowest BCUT2D eigenvalue weighted by Gasteiger charge is -2.08. The summed E-state index contributed by atoms with van der Waals surface area (Å²) >= 11 is 0. The van der Waals surface area contributed by atoms with E-state index in [2.05, 4.69) is 20.1 Å². The van der Waals surface area contributed by atoms with E-state index in [4.69, 9.17) is 0 Å². The molecule has 0 saturated heterocycles. The van der Waals surface area contributed by atoms with Crippen LogP contribution in [0.25, 0.3) is 0 Å². The lowest BCUT2D eigenvalue weighted by atomic mass is 10.7. The molecule has 0 unspecified atom stereocenters. The molecule has 9 heavy (non-hydrogen) atoms. The molecule has 0 aromatic heterocycles. The molecule has 0 atom stereocenters. The van der Waals surface area contributed by atoms with Crippen molar-refractivity contribution < 1.29 is 0 Å². The quantitative estimate of drug-likeness (QED) is 0.409. The molecule has 0 nitrogen and oxygen atoms in total. The number of allylic oxidation sites excluding steroid dienone is 2. The Hall–Kier alpha value is -0.0900. The van der Waals surface area contributed by atoms with Crippen LogP contribution >= 0.6 is 7.92 Å². The summed E-state index contributed by atoms with van der Waals surface area (Å²) in [6.07, 6.45) is 7.71. The fourth-order valence-corrected chi connectivity index (χ4v) is 2.09. The van der Waals surface area contributed by atoms with E-state index in [0.717, 1.165) is 0 Å². The molecule has 0 aliphatic carbocycles. The first-order valence-corrected chi connectivity index (χ1v) is 5.19. The molecule has 0 rings (SSSR count). The van der Waals surface area contributed by atoms with Crippen molar-refractivity contribution in [3.63, 3.8) is 0 Å². The van der Waals surface area contributed by atoms with Gasteiger partial charge in [-0.15, -0.1) is 13.2 Å². The van der Waals surface area contributed by atoms with Crippen molar-refractivity contribution in [3.05, 3.63) is 25.3 Å². The van der Waals surface area contributed by atoms with Crippen LogP contribution in [-0.2, 0) is 0 Å².